The van der Waals surface area contributed by atoms with E-state index in [2.05, 4.69) is 0 Å². The van der Waals surface area contributed by atoms with Gasteiger partial charge in [0.2, 0.25) is 0 Å². The highest BCUT2D eigenvalue weighted by molar-refractivity contribution is 6.02. The quantitative estimate of drug-likeness (QED) is 0.743. The van der Waals surface area contributed by atoms with Gasteiger partial charge in [-0.3, -0.25) is 4.79 Å². The summed E-state index contributed by atoms with van der Waals surface area (Å²) in [6, 6.07) is 4.33. The maximum atomic E-state index is 13.1. The van der Waals surface area contributed by atoms with Gasteiger partial charge in [0.1, 0.15) is 11.6 Å². The Balaban J connectivity index is 2.46. The van der Waals surface area contributed by atoms with Crippen LogP contribution in [0.5, 0.6) is 5.75 Å². The molecule has 0 radical (unpaired) electrons. The molecule has 0 N–H and O–H groups in total. The van der Waals surface area contributed by atoms with E-state index in [1.807, 2.05) is 0 Å². The maximum Gasteiger partial charge on any atom is 0.156 e. The molecule has 0 aliphatic heterocycles. The minimum atomic E-state index is -0.314. The van der Waals surface area contributed by atoms with E-state index < -0.39 is 0 Å². The van der Waals surface area contributed by atoms with E-state index >= 15 is 0 Å². The van der Waals surface area contributed by atoms with E-state index in [0.717, 1.165) is 5.57 Å². The van der Waals surface area contributed by atoms with Crippen LogP contribution < -0.4 is 4.74 Å². The molecule has 1 aliphatic rings. The van der Waals surface area contributed by atoms with Gasteiger partial charge in [-0.25, -0.2) is 4.39 Å². The number of ketones is 1. The number of benzene rings is 1. The van der Waals surface area contributed by atoms with Crippen LogP contribution >= 0.6 is 0 Å². The first-order chi connectivity index (χ1) is 7.20. The zero-order chi connectivity index (χ0) is 10.8. The molecule has 0 fully saturated rings. The fourth-order valence-corrected chi connectivity index (χ4v) is 1.74. The number of hydrogen-bond acceptors (Lipinski definition) is 2. The van der Waals surface area contributed by atoms with E-state index in [-0.39, 0.29) is 11.6 Å². The summed E-state index contributed by atoms with van der Waals surface area (Å²) < 4.78 is 18.2. The largest absolute Gasteiger partial charge is 0.496 e. The first-order valence-electron chi connectivity index (χ1n) is 4.78. The number of rotatable bonds is 2. The lowest BCUT2D eigenvalue weighted by Crippen LogP contribution is -1.91. The van der Waals surface area contributed by atoms with Crippen LogP contribution in [0.2, 0.25) is 0 Å². The van der Waals surface area contributed by atoms with E-state index in [4.69, 9.17) is 4.74 Å². The van der Waals surface area contributed by atoms with Crippen molar-refractivity contribution in [2.24, 2.45) is 0 Å². The second-order valence-corrected chi connectivity index (χ2v) is 3.48. The van der Waals surface area contributed by atoms with Crippen molar-refractivity contribution in [3.8, 4) is 5.75 Å². The Labute approximate surface area is 87.4 Å². The third-order valence-electron chi connectivity index (χ3n) is 2.48. The molecular weight excluding hydrogens is 195 g/mol. The van der Waals surface area contributed by atoms with E-state index in [9.17, 15) is 9.18 Å². The fourth-order valence-electron chi connectivity index (χ4n) is 1.74. The number of carbonyl (C=O) groups excluding carboxylic acids is 1. The third kappa shape index (κ3) is 1.91. The standard InChI is InChI=1S/C12H11FO2/c1-15-12-5-3-9(13)7-11(12)8-2-4-10(14)6-8/h3,5-7H,2,4H2,1H3. The molecule has 0 bridgehead atoms. The predicted octanol–water partition coefficient (Wildman–Crippen LogP) is 2.58. The first-order valence-corrected chi connectivity index (χ1v) is 4.78. The summed E-state index contributed by atoms with van der Waals surface area (Å²) in [5.41, 5.74) is 1.54. The molecular formula is C12H11FO2. The number of methoxy groups -OCH3 is 1. The van der Waals surface area contributed by atoms with Gasteiger partial charge in [-0.05, 0) is 36.3 Å². The van der Waals surface area contributed by atoms with Crippen LogP contribution in [0, 0.1) is 5.82 Å². The predicted molar refractivity (Wildman–Crippen MR) is 55.2 cm³/mol. The third-order valence-corrected chi connectivity index (χ3v) is 2.48. The van der Waals surface area contributed by atoms with E-state index in [1.54, 1.807) is 12.1 Å². The van der Waals surface area contributed by atoms with Crippen LogP contribution in [0.25, 0.3) is 5.57 Å². The van der Waals surface area contributed by atoms with Gasteiger partial charge in [0, 0.05) is 12.0 Å². The summed E-state index contributed by atoms with van der Waals surface area (Å²) in [5.74, 6) is 0.389. The minimum absolute atomic E-state index is 0.0938. The minimum Gasteiger partial charge on any atom is -0.496 e. The molecule has 0 aromatic heterocycles. The van der Waals surface area contributed by atoms with Gasteiger partial charge in [-0.2, -0.15) is 0 Å². The summed E-state index contributed by atoms with van der Waals surface area (Å²) in [4.78, 5) is 11.1. The van der Waals surface area contributed by atoms with Crippen LogP contribution in [0.15, 0.2) is 24.3 Å². The number of hydrogen-bond donors (Lipinski definition) is 0. The zero-order valence-electron chi connectivity index (χ0n) is 8.42. The molecule has 0 atom stereocenters. The van der Waals surface area contributed by atoms with E-state index in [1.165, 1.54) is 19.2 Å². The highest BCUT2D eigenvalue weighted by atomic mass is 19.1. The van der Waals surface area contributed by atoms with Gasteiger partial charge in [-0.15, -0.1) is 0 Å². The second-order valence-electron chi connectivity index (χ2n) is 3.48. The summed E-state index contributed by atoms with van der Waals surface area (Å²) in [5, 5.41) is 0. The molecule has 0 amide bonds. The Morgan fingerprint density at radius 2 is 2.13 bits per heavy atom. The fraction of sp³-hybridized carbons (Fsp3) is 0.250. The monoisotopic (exact) mass is 206 g/mol. The van der Waals surface area contributed by atoms with Gasteiger partial charge in [-0.1, -0.05) is 0 Å². The Kier molecular flexibility index (Phi) is 2.54. The molecule has 2 nitrogen and oxygen atoms in total. The van der Waals surface area contributed by atoms with Crippen molar-refractivity contribution in [2.45, 2.75) is 12.8 Å². The van der Waals surface area contributed by atoms with Crippen molar-refractivity contribution < 1.29 is 13.9 Å². The number of halogens is 1. The molecule has 0 saturated carbocycles. The topological polar surface area (TPSA) is 26.3 Å². The molecule has 0 unspecified atom stereocenters. The molecule has 2 rings (SSSR count). The van der Waals surface area contributed by atoms with Crippen LogP contribution in [0.1, 0.15) is 18.4 Å². The Bertz CT molecular complexity index is 435. The number of allylic oxidation sites excluding steroid dienone is 2. The Morgan fingerprint density at radius 3 is 2.73 bits per heavy atom. The van der Waals surface area contributed by atoms with Gasteiger partial charge < -0.3 is 4.74 Å². The van der Waals surface area contributed by atoms with Crippen LogP contribution in [0.3, 0.4) is 0 Å². The molecule has 0 heterocycles. The van der Waals surface area contributed by atoms with Crippen LogP contribution in [-0.2, 0) is 4.79 Å². The zero-order valence-corrected chi connectivity index (χ0v) is 8.42. The van der Waals surface area contributed by atoms with Gasteiger partial charge in [0.05, 0.1) is 7.11 Å². The van der Waals surface area contributed by atoms with Crippen molar-refractivity contribution in [1.29, 1.82) is 0 Å². The molecule has 1 aromatic rings. The summed E-state index contributed by atoms with van der Waals surface area (Å²) >= 11 is 0. The second kappa shape index (κ2) is 3.85. The average Bonchev–Trinajstić information content (AvgIpc) is 2.65. The first kappa shape index (κ1) is 9.90. The SMILES string of the molecule is COc1ccc(F)cc1C1=CC(=O)CC1. The van der Waals surface area contributed by atoms with Crippen LogP contribution in [0.4, 0.5) is 4.39 Å². The lowest BCUT2D eigenvalue weighted by molar-refractivity contribution is -0.114. The average molecular weight is 206 g/mol. The molecule has 15 heavy (non-hydrogen) atoms. The van der Waals surface area contributed by atoms with Crippen molar-refractivity contribution in [1.82, 2.24) is 0 Å². The Hall–Kier alpha value is -1.64. The van der Waals surface area contributed by atoms with Gasteiger partial charge in [0.15, 0.2) is 5.78 Å². The highest BCUT2D eigenvalue weighted by Gasteiger charge is 2.17. The number of carbonyl (C=O) groups is 1. The van der Waals surface area contributed by atoms with Crippen molar-refractivity contribution in [3.63, 3.8) is 0 Å². The molecule has 3 heteroatoms. The van der Waals surface area contributed by atoms with E-state index in [0.29, 0.717) is 24.2 Å². The van der Waals surface area contributed by atoms with Crippen molar-refractivity contribution in [3.05, 3.63) is 35.7 Å². The maximum absolute atomic E-state index is 13.1. The van der Waals surface area contributed by atoms with Gasteiger partial charge in [0.25, 0.3) is 0 Å². The molecule has 1 aromatic carbocycles. The number of ether oxygens (including phenoxy) is 1. The summed E-state index contributed by atoms with van der Waals surface area (Å²) in [6.07, 6.45) is 2.74. The van der Waals surface area contributed by atoms with Gasteiger partial charge >= 0.3 is 0 Å². The lowest BCUT2D eigenvalue weighted by Gasteiger charge is -2.08. The van der Waals surface area contributed by atoms with Crippen molar-refractivity contribution >= 4 is 11.4 Å². The lowest BCUT2D eigenvalue weighted by atomic mass is 10.0. The Morgan fingerprint density at radius 1 is 1.33 bits per heavy atom. The smallest absolute Gasteiger partial charge is 0.156 e. The molecule has 0 saturated heterocycles. The molecule has 0 spiro atoms. The normalized spacial score (nSPS) is 15.3. The highest BCUT2D eigenvalue weighted by Crippen LogP contribution is 2.32. The molecule has 78 valence electrons. The van der Waals surface area contributed by atoms with Crippen LogP contribution in [-0.4, -0.2) is 12.9 Å². The molecule has 1 aliphatic carbocycles. The summed E-state index contributed by atoms with van der Waals surface area (Å²) in [7, 11) is 1.54. The van der Waals surface area contributed by atoms with Crippen molar-refractivity contribution in [2.75, 3.05) is 7.11 Å². The summed E-state index contributed by atoms with van der Waals surface area (Å²) in [6.45, 7) is 0.